The molecule has 1 atom stereocenters. The maximum atomic E-state index is 13.7. The highest BCUT2D eigenvalue weighted by atomic mass is 19.1. The number of H-pyrrole nitrogens is 1. The summed E-state index contributed by atoms with van der Waals surface area (Å²) in [6.07, 6.45) is 2.46. The topological polar surface area (TPSA) is 54.1 Å². The Morgan fingerprint density at radius 2 is 1.58 bits per heavy atom. The molecule has 1 aromatic heterocycles. The minimum atomic E-state index is -0.500. The van der Waals surface area contributed by atoms with E-state index in [1.807, 2.05) is 78.9 Å². The number of hydrogen-bond acceptors (Lipinski definition) is 3. The summed E-state index contributed by atoms with van der Waals surface area (Å²) in [6.45, 7) is 1.06. The van der Waals surface area contributed by atoms with Crippen LogP contribution in [0.5, 0.6) is 5.75 Å². The van der Waals surface area contributed by atoms with Gasteiger partial charge in [-0.2, -0.15) is 0 Å². The minimum absolute atomic E-state index is 0.00971. The Hall–Kier alpha value is -4.22. The number of aromatic amines is 1. The summed E-state index contributed by atoms with van der Waals surface area (Å²) >= 11 is 0. The number of carbonyl (C=O) groups is 1. The van der Waals surface area contributed by atoms with E-state index in [0.29, 0.717) is 25.1 Å². The number of ketones is 1. The summed E-state index contributed by atoms with van der Waals surface area (Å²) in [5.41, 5.74) is 4.49. The molecule has 0 amide bonds. The molecule has 0 aliphatic carbocycles. The lowest BCUT2D eigenvalue weighted by molar-refractivity contribution is 0.0945. The number of nitrogens with one attached hydrogen (secondary N) is 2. The van der Waals surface area contributed by atoms with Gasteiger partial charge >= 0.3 is 0 Å². The van der Waals surface area contributed by atoms with Crippen LogP contribution in [0.2, 0.25) is 0 Å². The molecule has 5 aromatic rings. The number of carbonyl (C=O) groups excluding carboxylic acids is 1. The van der Waals surface area contributed by atoms with Crippen LogP contribution in [0, 0.1) is 5.82 Å². The smallest absolute Gasteiger partial charge is 0.186 e. The van der Waals surface area contributed by atoms with Crippen molar-refractivity contribution in [2.24, 2.45) is 0 Å². The third-order valence-corrected chi connectivity index (χ3v) is 6.24. The van der Waals surface area contributed by atoms with Gasteiger partial charge in [-0.25, -0.2) is 4.39 Å². The van der Waals surface area contributed by atoms with Gasteiger partial charge in [0, 0.05) is 35.3 Å². The molecule has 5 heteroatoms. The van der Waals surface area contributed by atoms with Gasteiger partial charge in [-0.3, -0.25) is 4.79 Å². The zero-order valence-electron chi connectivity index (χ0n) is 19.8. The molecule has 0 saturated heterocycles. The van der Waals surface area contributed by atoms with Gasteiger partial charge in [0.05, 0.1) is 6.04 Å². The van der Waals surface area contributed by atoms with Crippen LogP contribution in [0.25, 0.3) is 10.9 Å². The molecule has 0 unspecified atom stereocenters. The Labute approximate surface area is 209 Å². The normalized spacial score (nSPS) is 11.9. The second-order valence-corrected chi connectivity index (χ2v) is 8.72. The van der Waals surface area contributed by atoms with Gasteiger partial charge in [0.1, 0.15) is 18.2 Å². The van der Waals surface area contributed by atoms with Gasteiger partial charge in [0.15, 0.2) is 5.78 Å². The molecule has 0 bridgehead atoms. The number of hydrogen-bond donors (Lipinski definition) is 2. The standard InChI is InChI=1S/C31H27FN2O2/c32-25-13-11-22(12-14-25)17-18-33-30(24-9-5-2-6-10-24)31(35)28-20-34-29-19-26(15-16-27(28)29)36-21-23-7-3-1-4-8-23/h1-16,19-20,30,33-34H,17-18,21H2/t30-/m0/s1. The maximum Gasteiger partial charge on any atom is 0.186 e. The molecule has 0 aliphatic heterocycles. The molecule has 0 radical (unpaired) electrons. The Bertz CT molecular complexity index is 1430. The van der Waals surface area contributed by atoms with Crippen LogP contribution >= 0.6 is 0 Å². The van der Waals surface area contributed by atoms with Crippen molar-refractivity contribution in [2.45, 2.75) is 19.1 Å². The van der Waals surface area contributed by atoms with E-state index in [9.17, 15) is 9.18 Å². The van der Waals surface area contributed by atoms with Crippen molar-refractivity contribution in [3.63, 3.8) is 0 Å². The lowest BCUT2D eigenvalue weighted by Crippen LogP contribution is -2.30. The lowest BCUT2D eigenvalue weighted by Gasteiger charge is -2.18. The van der Waals surface area contributed by atoms with Crippen LogP contribution in [-0.2, 0) is 13.0 Å². The summed E-state index contributed by atoms with van der Waals surface area (Å²) in [5.74, 6) is 0.478. The number of ether oxygens (including phenoxy) is 1. The first-order chi connectivity index (χ1) is 17.7. The molecule has 180 valence electrons. The molecule has 2 N–H and O–H groups in total. The van der Waals surface area contributed by atoms with Crippen LogP contribution in [-0.4, -0.2) is 17.3 Å². The number of Topliss-reactive ketones (excluding diaryl/α,β-unsaturated/α-hetero) is 1. The van der Waals surface area contributed by atoms with Gasteiger partial charge in [0.2, 0.25) is 0 Å². The van der Waals surface area contributed by atoms with Crippen molar-refractivity contribution in [2.75, 3.05) is 6.54 Å². The van der Waals surface area contributed by atoms with E-state index in [0.717, 1.165) is 33.3 Å². The first kappa shape index (κ1) is 23.5. The average molecular weight is 479 g/mol. The molecule has 4 nitrogen and oxygen atoms in total. The van der Waals surface area contributed by atoms with E-state index in [2.05, 4.69) is 10.3 Å². The fourth-order valence-corrected chi connectivity index (χ4v) is 4.31. The maximum absolute atomic E-state index is 13.7. The fourth-order valence-electron chi connectivity index (χ4n) is 4.31. The van der Waals surface area contributed by atoms with Gasteiger partial charge < -0.3 is 15.0 Å². The molecule has 1 heterocycles. The molecule has 0 saturated carbocycles. The molecular formula is C31H27FN2O2. The van der Waals surface area contributed by atoms with Gasteiger partial charge in [-0.15, -0.1) is 0 Å². The van der Waals surface area contributed by atoms with E-state index in [-0.39, 0.29) is 11.6 Å². The first-order valence-electron chi connectivity index (χ1n) is 12.0. The van der Waals surface area contributed by atoms with Crippen molar-refractivity contribution in [3.8, 4) is 5.75 Å². The second kappa shape index (κ2) is 11.0. The second-order valence-electron chi connectivity index (χ2n) is 8.72. The Kier molecular flexibility index (Phi) is 7.20. The summed E-state index contributed by atoms with van der Waals surface area (Å²) in [7, 11) is 0. The quantitative estimate of drug-likeness (QED) is 0.221. The number of aromatic nitrogens is 1. The highest BCUT2D eigenvalue weighted by Gasteiger charge is 2.24. The highest BCUT2D eigenvalue weighted by molar-refractivity contribution is 6.10. The zero-order chi connectivity index (χ0) is 24.7. The van der Waals surface area contributed by atoms with Crippen molar-refractivity contribution < 1.29 is 13.9 Å². The predicted octanol–water partition coefficient (Wildman–Crippen LogP) is 6.64. The third-order valence-electron chi connectivity index (χ3n) is 6.24. The monoisotopic (exact) mass is 478 g/mol. The van der Waals surface area contributed by atoms with Crippen LogP contribution in [0.3, 0.4) is 0 Å². The van der Waals surface area contributed by atoms with Crippen molar-refractivity contribution in [1.29, 1.82) is 0 Å². The molecule has 36 heavy (non-hydrogen) atoms. The van der Waals surface area contributed by atoms with E-state index >= 15 is 0 Å². The largest absolute Gasteiger partial charge is 0.489 e. The number of benzene rings is 4. The highest BCUT2D eigenvalue weighted by Crippen LogP contribution is 2.28. The summed E-state index contributed by atoms with van der Waals surface area (Å²) in [6, 6.07) is 31.4. The van der Waals surface area contributed by atoms with Crippen LogP contribution < -0.4 is 10.1 Å². The molecule has 5 rings (SSSR count). The summed E-state index contributed by atoms with van der Waals surface area (Å²) < 4.78 is 19.2. The summed E-state index contributed by atoms with van der Waals surface area (Å²) in [4.78, 5) is 17.0. The predicted molar refractivity (Wildman–Crippen MR) is 141 cm³/mol. The average Bonchev–Trinajstić information content (AvgIpc) is 3.35. The Balaban J connectivity index is 1.33. The molecule has 4 aromatic carbocycles. The first-order valence-corrected chi connectivity index (χ1v) is 12.0. The number of rotatable bonds is 10. The van der Waals surface area contributed by atoms with E-state index < -0.39 is 6.04 Å². The van der Waals surface area contributed by atoms with E-state index in [4.69, 9.17) is 4.74 Å². The molecule has 0 fully saturated rings. The molecule has 0 spiro atoms. The summed E-state index contributed by atoms with van der Waals surface area (Å²) in [5, 5.41) is 4.27. The van der Waals surface area contributed by atoms with E-state index in [1.54, 1.807) is 18.3 Å². The third kappa shape index (κ3) is 5.53. The Morgan fingerprint density at radius 1 is 0.861 bits per heavy atom. The van der Waals surface area contributed by atoms with Crippen molar-refractivity contribution in [3.05, 3.63) is 137 Å². The zero-order valence-corrected chi connectivity index (χ0v) is 19.8. The molecular weight excluding hydrogens is 451 g/mol. The fraction of sp³-hybridized carbons (Fsp3) is 0.129. The number of fused-ring (bicyclic) bond motifs is 1. The van der Waals surface area contributed by atoms with Crippen LogP contribution in [0.15, 0.2) is 109 Å². The Morgan fingerprint density at radius 3 is 2.33 bits per heavy atom. The van der Waals surface area contributed by atoms with Crippen molar-refractivity contribution >= 4 is 16.7 Å². The van der Waals surface area contributed by atoms with Gasteiger partial charge in [-0.1, -0.05) is 72.8 Å². The van der Waals surface area contributed by atoms with Crippen LogP contribution in [0.1, 0.15) is 33.1 Å². The lowest BCUT2D eigenvalue weighted by atomic mass is 9.96. The van der Waals surface area contributed by atoms with Gasteiger partial charge in [0.25, 0.3) is 0 Å². The SMILES string of the molecule is O=C(c1c[nH]c2cc(OCc3ccccc3)ccc12)[C@@H](NCCc1ccc(F)cc1)c1ccccc1. The minimum Gasteiger partial charge on any atom is -0.489 e. The van der Waals surface area contributed by atoms with Crippen molar-refractivity contribution in [1.82, 2.24) is 10.3 Å². The molecule has 0 aliphatic rings. The van der Waals surface area contributed by atoms with Gasteiger partial charge in [-0.05, 0) is 47.4 Å². The van der Waals surface area contributed by atoms with E-state index in [1.165, 1.54) is 12.1 Å². The van der Waals surface area contributed by atoms with Crippen LogP contribution in [0.4, 0.5) is 4.39 Å². The number of halogens is 1.